The predicted octanol–water partition coefficient (Wildman–Crippen LogP) is 3.76. The van der Waals surface area contributed by atoms with Crippen molar-refractivity contribution in [2.24, 2.45) is 0 Å². The van der Waals surface area contributed by atoms with Gasteiger partial charge in [-0.1, -0.05) is 24.3 Å². The second-order valence-electron chi connectivity index (χ2n) is 8.14. The summed E-state index contributed by atoms with van der Waals surface area (Å²) in [6, 6.07) is 17.2. The molecule has 3 aromatic rings. The molecule has 0 bridgehead atoms. The lowest BCUT2D eigenvalue weighted by Crippen LogP contribution is -2.37. The molecule has 1 amide bonds. The van der Waals surface area contributed by atoms with E-state index in [4.69, 9.17) is 17.0 Å². The van der Waals surface area contributed by atoms with Gasteiger partial charge in [-0.25, -0.2) is 0 Å². The number of ether oxygens (including phenoxy) is 1. The molecule has 1 saturated heterocycles. The van der Waals surface area contributed by atoms with E-state index >= 15 is 0 Å². The van der Waals surface area contributed by atoms with Crippen molar-refractivity contribution < 1.29 is 9.53 Å². The first kappa shape index (κ1) is 22.9. The van der Waals surface area contributed by atoms with Crippen molar-refractivity contribution in [3.63, 3.8) is 0 Å². The molecule has 172 valence electrons. The molecule has 33 heavy (non-hydrogen) atoms. The van der Waals surface area contributed by atoms with Crippen LogP contribution in [0.2, 0.25) is 0 Å². The molecule has 3 heterocycles. The van der Waals surface area contributed by atoms with Crippen molar-refractivity contribution in [1.82, 2.24) is 19.8 Å². The number of pyridine rings is 1. The number of hydrogen-bond donors (Lipinski definition) is 2. The molecule has 0 aliphatic carbocycles. The van der Waals surface area contributed by atoms with Gasteiger partial charge >= 0.3 is 0 Å². The third-order valence-electron chi connectivity index (χ3n) is 6.02. The molecular weight excluding hydrogens is 434 g/mol. The average Bonchev–Trinajstić information content (AvgIpc) is 3.28. The van der Waals surface area contributed by atoms with Crippen LogP contribution in [-0.4, -0.2) is 45.7 Å². The number of benzene rings is 1. The Morgan fingerprint density at radius 3 is 2.64 bits per heavy atom. The van der Waals surface area contributed by atoms with Gasteiger partial charge in [0.25, 0.3) is 0 Å². The van der Waals surface area contributed by atoms with E-state index in [0.29, 0.717) is 11.7 Å². The van der Waals surface area contributed by atoms with Gasteiger partial charge in [-0.3, -0.25) is 9.78 Å². The molecule has 1 aromatic carbocycles. The number of para-hydroxylation sites is 1. The molecule has 2 N–H and O–H groups in total. The number of rotatable bonds is 8. The van der Waals surface area contributed by atoms with Crippen molar-refractivity contribution >= 4 is 28.9 Å². The maximum atomic E-state index is 13.0. The summed E-state index contributed by atoms with van der Waals surface area (Å²) in [4.78, 5) is 19.5. The van der Waals surface area contributed by atoms with Gasteiger partial charge in [-0.05, 0) is 62.0 Å². The highest BCUT2D eigenvalue weighted by Gasteiger charge is 2.42. The number of thiocarbonyl (C=S) groups is 1. The number of nitrogens with one attached hydrogen (secondary N) is 2. The zero-order chi connectivity index (χ0) is 23.4. The van der Waals surface area contributed by atoms with Crippen LogP contribution in [-0.2, 0) is 16.1 Å². The summed E-state index contributed by atoms with van der Waals surface area (Å²) in [5, 5.41) is 6.93. The molecule has 0 radical (unpaired) electrons. The fourth-order valence-electron chi connectivity index (χ4n) is 4.44. The molecule has 2 aromatic heterocycles. The van der Waals surface area contributed by atoms with Gasteiger partial charge in [-0.15, -0.1) is 0 Å². The Labute approximate surface area is 199 Å². The second kappa shape index (κ2) is 10.1. The van der Waals surface area contributed by atoms with E-state index < -0.39 is 0 Å². The van der Waals surface area contributed by atoms with Crippen LogP contribution in [0.25, 0.3) is 0 Å². The van der Waals surface area contributed by atoms with E-state index in [1.54, 1.807) is 13.3 Å². The molecule has 8 heteroatoms. The molecule has 1 fully saturated rings. The summed E-state index contributed by atoms with van der Waals surface area (Å²) in [7, 11) is 1.71. The minimum Gasteiger partial charge on any atom is -0.383 e. The highest BCUT2D eigenvalue weighted by molar-refractivity contribution is 7.80. The van der Waals surface area contributed by atoms with Gasteiger partial charge in [0.2, 0.25) is 5.91 Å². The Morgan fingerprint density at radius 1 is 1.18 bits per heavy atom. The number of aryl methyl sites for hydroxylation is 1. The number of carbonyl (C=O) groups excluding carboxylic acids is 1. The number of carbonyl (C=O) groups is 1. The third kappa shape index (κ3) is 4.91. The summed E-state index contributed by atoms with van der Waals surface area (Å²) >= 11 is 5.71. The van der Waals surface area contributed by atoms with Gasteiger partial charge in [0.1, 0.15) is 6.54 Å². The Morgan fingerprint density at radius 2 is 1.94 bits per heavy atom. The van der Waals surface area contributed by atoms with E-state index in [2.05, 4.69) is 40.1 Å². The Kier molecular flexibility index (Phi) is 7.05. The van der Waals surface area contributed by atoms with Crippen LogP contribution in [0, 0.1) is 13.8 Å². The lowest BCUT2D eigenvalue weighted by atomic mass is 9.97. The Balaban J connectivity index is 1.68. The highest BCUT2D eigenvalue weighted by atomic mass is 32.1. The molecule has 0 spiro atoms. The molecule has 0 unspecified atom stereocenters. The summed E-state index contributed by atoms with van der Waals surface area (Å²) in [6.45, 7) is 5.73. The fraction of sp³-hybridized carbons (Fsp3) is 0.320. The van der Waals surface area contributed by atoms with E-state index in [1.807, 2.05) is 53.4 Å². The van der Waals surface area contributed by atoms with Crippen molar-refractivity contribution in [2.75, 3.05) is 25.6 Å². The van der Waals surface area contributed by atoms with Crippen LogP contribution in [0.15, 0.2) is 60.8 Å². The van der Waals surface area contributed by atoms with Gasteiger partial charge < -0.3 is 24.8 Å². The van der Waals surface area contributed by atoms with Crippen molar-refractivity contribution in [3.8, 4) is 0 Å². The number of hydrogen-bond acceptors (Lipinski definition) is 4. The number of nitrogens with zero attached hydrogens (tertiary/aromatic N) is 3. The average molecular weight is 464 g/mol. The minimum atomic E-state index is -0.170. The van der Waals surface area contributed by atoms with E-state index in [1.165, 1.54) is 0 Å². The van der Waals surface area contributed by atoms with Crippen molar-refractivity contribution in [3.05, 3.63) is 83.4 Å². The van der Waals surface area contributed by atoms with Crippen LogP contribution < -0.4 is 10.6 Å². The Bertz CT molecular complexity index is 1120. The standard InChI is InChI=1S/C25H29N5O2S/c1-17-15-20(18(2)29(17)13-14-32-3)24-23(21-11-7-8-12-26-21)28-25(33)30(24)16-22(31)27-19-9-5-4-6-10-19/h4-12,15,23-24H,13-14,16H2,1-3H3,(H,27,31)(H,28,33)/t23-,24-/m1/s1. The maximum absolute atomic E-state index is 13.0. The molecule has 4 rings (SSSR count). The fourth-order valence-corrected chi connectivity index (χ4v) is 4.75. The monoisotopic (exact) mass is 463 g/mol. The van der Waals surface area contributed by atoms with Gasteiger partial charge in [0.05, 0.1) is 24.4 Å². The third-order valence-corrected chi connectivity index (χ3v) is 6.37. The van der Waals surface area contributed by atoms with Gasteiger partial charge in [0.15, 0.2) is 5.11 Å². The number of methoxy groups -OCH3 is 1. The molecular formula is C25H29N5O2S. The van der Waals surface area contributed by atoms with Crippen LogP contribution in [0.4, 0.5) is 5.69 Å². The maximum Gasteiger partial charge on any atom is 0.244 e. The summed E-state index contributed by atoms with van der Waals surface area (Å²) in [5.74, 6) is -0.120. The van der Waals surface area contributed by atoms with E-state index in [9.17, 15) is 4.79 Å². The van der Waals surface area contributed by atoms with Gasteiger partial charge in [-0.2, -0.15) is 0 Å². The minimum absolute atomic E-state index is 0.120. The van der Waals surface area contributed by atoms with Crippen molar-refractivity contribution in [2.45, 2.75) is 32.5 Å². The van der Waals surface area contributed by atoms with E-state index in [-0.39, 0.29) is 24.5 Å². The van der Waals surface area contributed by atoms with Crippen LogP contribution >= 0.6 is 12.2 Å². The first-order valence-corrected chi connectivity index (χ1v) is 11.4. The molecule has 2 atom stereocenters. The normalized spacial score (nSPS) is 17.8. The molecule has 0 saturated carbocycles. The topological polar surface area (TPSA) is 71.4 Å². The number of anilines is 1. The smallest absolute Gasteiger partial charge is 0.244 e. The first-order chi connectivity index (χ1) is 16.0. The van der Waals surface area contributed by atoms with Gasteiger partial charge in [0, 0.05) is 36.9 Å². The number of aromatic nitrogens is 2. The molecule has 7 nitrogen and oxygen atoms in total. The quantitative estimate of drug-likeness (QED) is 0.496. The number of amides is 1. The molecule has 1 aliphatic heterocycles. The van der Waals surface area contributed by atoms with Crippen molar-refractivity contribution in [1.29, 1.82) is 0 Å². The van der Waals surface area contributed by atoms with E-state index in [0.717, 1.165) is 34.9 Å². The van der Waals surface area contributed by atoms with Crippen LogP contribution in [0.1, 0.15) is 34.7 Å². The lowest BCUT2D eigenvalue weighted by molar-refractivity contribution is -0.116. The van der Waals surface area contributed by atoms with Crippen LogP contribution in [0.5, 0.6) is 0 Å². The SMILES string of the molecule is COCCn1c(C)cc([C@@H]2[C@@H](c3ccccn3)NC(=S)N2CC(=O)Nc2ccccc2)c1C. The Hall–Kier alpha value is -3.23. The second-order valence-corrected chi connectivity index (χ2v) is 8.53. The highest BCUT2D eigenvalue weighted by Crippen LogP contribution is 2.40. The predicted molar refractivity (Wildman–Crippen MR) is 133 cm³/mol. The summed E-state index contributed by atoms with van der Waals surface area (Å²) < 4.78 is 7.55. The summed E-state index contributed by atoms with van der Waals surface area (Å²) in [5.41, 5.74) is 5.05. The lowest BCUT2D eigenvalue weighted by Gasteiger charge is -2.27. The largest absolute Gasteiger partial charge is 0.383 e. The zero-order valence-electron chi connectivity index (χ0n) is 19.1. The summed E-state index contributed by atoms with van der Waals surface area (Å²) in [6.07, 6.45) is 1.78. The first-order valence-electron chi connectivity index (χ1n) is 11.0. The molecule has 1 aliphatic rings. The van der Waals surface area contributed by atoms with Crippen LogP contribution in [0.3, 0.4) is 0 Å². The zero-order valence-corrected chi connectivity index (χ0v) is 19.9.